The molecular weight excluding hydrogens is 207 g/mol. The third-order valence-corrected chi connectivity index (χ3v) is 1.55. The Hall–Kier alpha value is 1.09. The monoisotopic (exact) mass is 220 g/mol. The van der Waals surface area contributed by atoms with Crippen LogP contribution in [0.15, 0.2) is 0 Å². The second kappa shape index (κ2) is 16.6. The summed E-state index contributed by atoms with van der Waals surface area (Å²) in [5.41, 5.74) is 0. The van der Waals surface area contributed by atoms with Gasteiger partial charge >= 0.3 is 0 Å². The number of halogens is 3. The van der Waals surface area contributed by atoms with Crippen LogP contribution in [0, 0.1) is 0 Å². The molecule has 0 aromatic carbocycles. The van der Waals surface area contributed by atoms with E-state index < -0.39 is 0 Å². The molecule has 0 aliphatic carbocycles. The van der Waals surface area contributed by atoms with E-state index in [0.29, 0.717) is 0 Å². The minimum absolute atomic E-state index is 0.778. The summed E-state index contributed by atoms with van der Waals surface area (Å²) in [7, 11) is 0.778. The smallest absolute Gasteiger partial charge is 0.109 e. The van der Waals surface area contributed by atoms with E-state index >= 15 is 0 Å². The van der Waals surface area contributed by atoms with Crippen molar-refractivity contribution >= 4 is 43.8 Å². The van der Waals surface area contributed by atoms with E-state index in [-0.39, 0.29) is 0 Å². The minimum atomic E-state index is 0.778. The molecule has 0 atom stereocenters. The van der Waals surface area contributed by atoms with Crippen LogP contribution >= 0.6 is 34.3 Å². The van der Waals surface area contributed by atoms with Gasteiger partial charge in [0.1, 0.15) is 9.55 Å². The molecule has 10 heavy (non-hydrogen) atoms. The zero-order chi connectivity index (χ0) is 8.24. The molecule has 0 aromatic rings. The van der Waals surface area contributed by atoms with Crippen molar-refractivity contribution in [3.63, 3.8) is 0 Å². The van der Waals surface area contributed by atoms with E-state index in [2.05, 4.69) is 0 Å². The maximum atomic E-state index is 5.45. The van der Waals surface area contributed by atoms with Gasteiger partial charge in [0.2, 0.25) is 0 Å². The van der Waals surface area contributed by atoms with E-state index in [1.165, 1.54) is 12.8 Å². The molecule has 64 valence electrons. The lowest BCUT2D eigenvalue weighted by atomic mass is 10.2. The van der Waals surface area contributed by atoms with Crippen molar-refractivity contribution in [2.75, 3.05) is 11.8 Å². The molecule has 0 N–H and O–H groups in total. The summed E-state index contributed by atoms with van der Waals surface area (Å²) >= 11 is 15.7. The first-order chi connectivity index (χ1) is 4.91. The third-order valence-electron chi connectivity index (χ3n) is 1.02. The Morgan fingerprint density at radius 2 is 1.00 bits per heavy atom. The van der Waals surface area contributed by atoms with Gasteiger partial charge in [-0.15, -0.1) is 23.2 Å². The first-order valence-electron chi connectivity index (χ1n) is 3.41. The lowest BCUT2D eigenvalue weighted by Gasteiger charge is -1.92. The second-order valence-corrected chi connectivity index (χ2v) is 2.55. The maximum absolute atomic E-state index is 5.45. The molecule has 0 aromatic heterocycles. The van der Waals surface area contributed by atoms with E-state index in [1.807, 2.05) is 0 Å². The van der Waals surface area contributed by atoms with Crippen LogP contribution in [0.5, 0.6) is 0 Å². The van der Waals surface area contributed by atoms with Crippen molar-refractivity contribution in [2.24, 2.45) is 0 Å². The normalized spacial score (nSPS) is 8.70. The van der Waals surface area contributed by atoms with Gasteiger partial charge in [0.05, 0.1) is 0 Å². The Kier molecular flexibility index (Phi) is 22.7. The van der Waals surface area contributed by atoms with Gasteiger partial charge in [-0.3, -0.25) is 0 Å². The minimum Gasteiger partial charge on any atom is -0.181 e. The summed E-state index contributed by atoms with van der Waals surface area (Å²) in [5.74, 6) is 1.59. The first-order valence-corrected chi connectivity index (χ1v) is 7.51. The largest absolute Gasteiger partial charge is 0.181 e. The Morgan fingerprint density at radius 1 is 0.700 bits per heavy atom. The van der Waals surface area contributed by atoms with Crippen molar-refractivity contribution < 1.29 is 0 Å². The van der Waals surface area contributed by atoms with Crippen molar-refractivity contribution in [1.82, 2.24) is 0 Å². The van der Waals surface area contributed by atoms with Crippen molar-refractivity contribution in [3.8, 4) is 0 Å². The predicted octanol–water partition coefficient (Wildman–Crippen LogP) is 2.53. The van der Waals surface area contributed by atoms with Crippen LogP contribution in [-0.2, 0) is 0 Å². The SMILES string of the molecule is ClCCCCCCCl.[SiH3]Cl. The van der Waals surface area contributed by atoms with Gasteiger partial charge in [-0.05, 0) is 12.8 Å². The maximum Gasteiger partial charge on any atom is 0.109 e. The molecule has 0 amide bonds. The summed E-state index contributed by atoms with van der Waals surface area (Å²) in [6.45, 7) is 0. The number of unbranched alkanes of at least 4 members (excludes halogenated alkanes) is 3. The molecule has 0 saturated heterocycles. The molecule has 0 rings (SSSR count). The average Bonchev–Trinajstić information content (AvgIpc) is 2.02. The molecule has 0 heterocycles. The lowest BCUT2D eigenvalue weighted by Crippen LogP contribution is -1.78. The van der Waals surface area contributed by atoms with E-state index in [9.17, 15) is 0 Å². The van der Waals surface area contributed by atoms with Gasteiger partial charge in [-0.1, -0.05) is 12.8 Å². The van der Waals surface area contributed by atoms with Crippen LogP contribution in [0.1, 0.15) is 25.7 Å². The summed E-state index contributed by atoms with van der Waals surface area (Å²) in [6, 6.07) is 0. The molecule has 0 saturated carbocycles. The number of alkyl halides is 2. The highest BCUT2D eigenvalue weighted by Gasteiger charge is 1.85. The fourth-order valence-electron chi connectivity index (χ4n) is 0.543. The average molecular weight is 222 g/mol. The second-order valence-electron chi connectivity index (χ2n) is 1.79. The fourth-order valence-corrected chi connectivity index (χ4v) is 0.921. The Labute approximate surface area is 81.4 Å². The Bertz CT molecular complexity index is 38.0. The molecule has 0 nitrogen and oxygen atoms in total. The van der Waals surface area contributed by atoms with Crippen molar-refractivity contribution in [2.45, 2.75) is 25.7 Å². The van der Waals surface area contributed by atoms with E-state index in [1.54, 1.807) is 0 Å². The molecular formula is C6H15Cl3Si. The molecule has 0 aliphatic heterocycles. The number of rotatable bonds is 5. The lowest BCUT2D eigenvalue weighted by molar-refractivity contribution is 0.708. The highest BCUT2D eigenvalue weighted by molar-refractivity contribution is 6.80. The summed E-state index contributed by atoms with van der Waals surface area (Å²) in [6.07, 6.45) is 4.74. The van der Waals surface area contributed by atoms with Crippen LogP contribution in [-0.4, -0.2) is 21.3 Å². The van der Waals surface area contributed by atoms with Crippen LogP contribution < -0.4 is 0 Å². The summed E-state index contributed by atoms with van der Waals surface area (Å²) in [5, 5.41) is 0. The third kappa shape index (κ3) is 16.0. The Morgan fingerprint density at radius 3 is 1.20 bits per heavy atom. The van der Waals surface area contributed by atoms with E-state index in [4.69, 9.17) is 34.3 Å². The first kappa shape index (κ1) is 13.7. The number of hydrogen-bond acceptors (Lipinski definition) is 0. The fraction of sp³-hybridized carbons (Fsp3) is 1.00. The molecule has 0 bridgehead atoms. The van der Waals surface area contributed by atoms with Gasteiger partial charge in [-0.25, -0.2) is 0 Å². The molecule has 0 fully saturated rings. The van der Waals surface area contributed by atoms with Crippen LogP contribution in [0.25, 0.3) is 0 Å². The topological polar surface area (TPSA) is 0 Å². The van der Waals surface area contributed by atoms with Crippen LogP contribution in [0.3, 0.4) is 0 Å². The zero-order valence-electron chi connectivity index (χ0n) is 6.38. The van der Waals surface area contributed by atoms with Crippen molar-refractivity contribution in [1.29, 1.82) is 0 Å². The highest BCUT2D eigenvalue weighted by atomic mass is 35.6. The van der Waals surface area contributed by atoms with E-state index in [0.717, 1.165) is 34.2 Å². The molecule has 0 spiro atoms. The molecule has 0 unspecified atom stereocenters. The molecule has 4 heteroatoms. The van der Waals surface area contributed by atoms with Gasteiger partial charge in [0.15, 0.2) is 0 Å². The summed E-state index contributed by atoms with van der Waals surface area (Å²) in [4.78, 5) is 0. The van der Waals surface area contributed by atoms with Crippen LogP contribution in [0.4, 0.5) is 0 Å². The van der Waals surface area contributed by atoms with Crippen molar-refractivity contribution in [3.05, 3.63) is 0 Å². The molecule has 0 radical (unpaired) electrons. The standard InChI is InChI=1S/C6H12Cl2.ClH3Si/c7-5-3-1-2-4-6-8;1-2/h1-6H2;2H3. The predicted molar refractivity (Wildman–Crippen MR) is 55.7 cm³/mol. The van der Waals surface area contributed by atoms with Crippen LogP contribution in [0.2, 0.25) is 0 Å². The van der Waals surface area contributed by atoms with Gasteiger partial charge in [-0.2, -0.15) is 11.1 Å². The number of hydrogen-bond donors (Lipinski definition) is 0. The van der Waals surface area contributed by atoms with Gasteiger partial charge < -0.3 is 0 Å². The molecule has 0 aliphatic rings. The zero-order valence-corrected chi connectivity index (χ0v) is 10.6. The Balaban J connectivity index is 0. The quantitative estimate of drug-likeness (QED) is 0.290. The summed E-state index contributed by atoms with van der Waals surface area (Å²) < 4.78 is 0. The van der Waals surface area contributed by atoms with Gasteiger partial charge in [0, 0.05) is 11.8 Å². The highest BCUT2D eigenvalue weighted by Crippen LogP contribution is 2.01. The van der Waals surface area contributed by atoms with Gasteiger partial charge in [0.25, 0.3) is 0 Å².